The van der Waals surface area contributed by atoms with E-state index in [9.17, 15) is 77.0 Å². The van der Waals surface area contributed by atoms with Crippen LogP contribution < -0.4 is 10.6 Å². The van der Waals surface area contributed by atoms with Crippen molar-refractivity contribution < 1.29 is 86.5 Å². The van der Waals surface area contributed by atoms with Crippen molar-refractivity contribution in [3.8, 4) is 22.3 Å². The van der Waals surface area contributed by atoms with E-state index in [2.05, 4.69) is 10.6 Å². The molecule has 4 aromatic rings. The summed E-state index contributed by atoms with van der Waals surface area (Å²) in [4.78, 5) is 233. The highest BCUT2D eigenvalue weighted by Crippen LogP contribution is 2.47. The number of rotatable bonds is 19. The number of nitrogens with zero attached hydrogens (tertiary/aromatic N) is 12. The molecule has 120 heavy (non-hydrogen) atoms. The van der Waals surface area contributed by atoms with Crippen molar-refractivity contribution in [2.75, 3.05) is 105 Å². The maximum Gasteiger partial charge on any atom is 0.407 e. The fourth-order valence-electron chi connectivity index (χ4n) is 22.0. The van der Waals surface area contributed by atoms with E-state index < -0.39 is 157 Å². The molecule has 10 atom stereocenters. The second-order valence-corrected chi connectivity index (χ2v) is 34.1. The van der Waals surface area contributed by atoms with Gasteiger partial charge >= 0.3 is 18.2 Å². The molecular weight excluding hydrogens is 1540 g/mol. The normalized spacial score (nSPS) is 25.8. The quantitative estimate of drug-likeness (QED) is 0.119. The van der Waals surface area contributed by atoms with Gasteiger partial charge in [-0.1, -0.05) is 97.1 Å². The standard InChI is InChI=1S/C88H104N14O18/c103-73(49-89-87(117)119-51-61-57-23-5-1-19-53(57)54-20-2-6-24-58(54)61)91-37-9-27-63(91)76(105)93-39-11-29-65(93)78(107)95-41-13-31-67(95)80(109)97-43-15-33-69(97)82(111)99-45-17-35-71(99)84(113)101-47-48-102(75(101)86(115)116)85(114)72-36-18-46-100(72)83(112)70-34-16-44-98(70)81(110)68-32-14-42-96(68)79(108)66-30-12-40-94(66)77(106)64-28-10-38-92(64)74(104)50-90-88(118)120-52-62-59-25-7-3-21-55(59)56-22-4-8-26-60(56)62/h1-8,19-26,61-72,75H,9-18,27-52H2,(H,89,117)(H,90,118)(H,115,116)/t63-,64-,65-,66-,67-,68-,69-,70-,71-,72-/m0/s1. The molecule has 0 radical (unpaired) electrons. The van der Waals surface area contributed by atoms with Crippen molar-refractivity contribution in [2.45, 2.75) is 207 Å². The van der Waals surface area contributed by atoms with Crippen molar-refractivity contribution >= 4 is 89.0 Å². The predicted molar refractivity (Wildman–Crippen MR) is 428 cm³/mol. The minimum Gasteiger partial charge on any atom is -0.478 e. The molecule has 3 N–H and O–H groups in total. The van der Waals surface area contributed by atoms with E-state index in [1.165, 1.54) is 49.0 Å². The van der Waals surface area contributed by atoms with Gasteiger partial charge in [-0.3, -0.25) is 57.5 Å². The Balaban J connectivity index is 0.480. The molecule has 11 fully saturated rings. The van der Waals surface area contributed by atoms with Crippen LogP contribution in [0.5, 0.6) is 0 Å². The van der Waals surface area contributed by atoms with E-state index >= 15 is 0 Å². The van der Waals surface area contributed by atoms with Crippen LogP contribution in [0.2, 0.25) is 0 Å². The molecule has 0 unspecified atom stereocenters. The monoisotopic (exact) mass is 1640 g/mol. The number of alkyl carbamates (subject to hydrolysis) is 2. The number of nitrogens with one attached hydrogen (secondary N) is 2. The van der Waals surface area contributed by atoms with E-state index in [0.717, 1.165) is 54.3 Å². The molecule has 0 aromatic heterocycles. The number of benzene rings is 4. The molecule has 4 aromatic carbocycles. The van der Waals surface area contributed by atoms with Crippen molar-refractivity contribution in [1.29, 1.82) is 0 Å². The summed E-state index contributed by atoms with van der Waals surface area (Å²) in [5.74, 6) is -7.58. The third-order valence-electron chi connectivity index (χ3n) is 27.7. The maximum absolute atomic E-state index is 15.0. The summed E-state index contributed by atoms with van der Waals surface area (Å²) in [7, 11) is 0. The first-order valence-corrected chi connectivity index (χ1v) is 43.3. The van der Waals surface area contributed by atoms with Crippen LogP contribution in [0.1, 0.15) is 163 Å². The fourth-order valence-corrected chi connectivity index (χ4v) is 22.0. The van der Waals surface area contributed by atoms with Crippen LogP contribution in [0, 0.1) is 0 Å². The molecule has 11 heterocycles. The van der Waals surface area contributed by atoms with Gasteiger partial charge in [0.1, 0.15) is 86.7 Å². The third-order valence-corrected chi connectivity index (χ3v) is 27.7. The number of carboxylic acid groups (broad SMARTS) is 1. The van der Waals surface area contributed by atoms with E-state index in [0.29, 0.717) is 103 Å². The van der Waals surface area contributed by atoms with Crippen LogP contribution in [-0.4, -0.2) is 324 Å². The summed E-state index contributed by atoms with van der Waals surface area (Å²) in [5.41, 5.74) is 8.47. The van der Waals surface area contributed by atoms with Gasteiger partial charge in [0.05, 0.1) is 0 Å². The largest absolute Gasteiger partial charge is 0.478 e. The van der Waals surface area contributed by atoms with Crippen molar-refractivity contribution in [1.82, 2.24) is 69.4 Å². The summed E-state index contributed by atoms with van der Waals surface area (Å²) >= 11 is 0. The second kappa shape index (κ2) is 34.3. The van der Waals surface area contributed by atoms with Crippen LogP contribution in [0.15, 0.2) is 97.1 Å². The SMILES string of the molecule is O=C(NCC(=O)N1CCC[C@H]1C(=O)N1CCC[C@H]1C(=O)N1CCC[C@H]1C(=O)N1CCC[C@H]1C(=O)N1CCC[C@H]1C(=O)N1CCN(C(=O)[C@@H]2CCCN2C(=O)[C@@H]2CCCN2C(=O)[C@@H]2CCCN2C(=O)[C@@H]2CCCN2C(=O)[C@@H]2CCCN2C(=O)CNC(=O)OCC2c3ccccc3-c3ccccc32)C1C(=O)O)OCC1c2ccccc2-c2ccccc21. The Bertz CT molecular complexity index is 4410. The molecule has 11 saturated heterocycles. The number of likely N-dealkylation sites (tertiary alicyclic amines) is 10. The lowest BCUT2D eigenvalue weighted by Gasteiger charge is -2.37. The topological polar surface area (TPSA) is 358 Å². The van der Waals surface area contributed by atoms with Gasteiger partial charge in [0.2, 0.25) is 77.1 Å². The molecular formula is C88H104N14O18. The molecule has 11 aliphatic heterocycles. The average Bonchev–Trinajstić information content (AvgIpc) is 1.62. The minimum absolute atomic E-state index is 0.0572. The summed E-state index contributed by atoms with van der Waals surface area (Å²) in [6.07, 6.45) is 4.31. The number of carbonyl (C=O) groups is 15. The number of hydrogen-bond acceptors (Lipinski definition) is 17. The summed E-state index contributed by atoms with van der Waals surface area (Å²) in [6.45, 7) is 1.14. The van der Waals surface area contributed by atoms with Crippen molar-refractivity contribution in [2.24, 2.45) is 0 Å². The molecule has 14 amide bonds. The highest BCUT2D eigenvalue weighted by Gasteiger charge is 2.55. The van der Waals surface area contributed by atoms with Crippen molar-refractivity contribution in [3.05, 3.63) is 119 Å². The first-order valence-electron chi connectivity index (χ1n) is 43.3. The first-order chi connectivity index (χ1) is 58.3. The number of carboxylic acids is 1. The molecule has 2 aliphatic carbocycles. The molecule has 634 valence electrons. The second-order valence-electron chi connectivity index (χ2n) is 34.1. The molecule has 0 saturated carbocycles. The van der Waals surface area contributed by atoms with Gasteiger partial charge in [0.25, 0.3) is 0 Å². The van der Waals surface area contributed by atoms with Gasteiger partial charge in [-0.25, -0.2) is 14.4 Å². The molecule has 32 nitrogen and oxygen atoms in total. The summed E-state index contributed by atoms with van der Waals surface area (Å²) in [5, 5.41) is 16.1. The van der Waals surface area contributed by atoms with Gasteiger partial charge in [-0.15, -0.1) is 0 Å². The lowest BCUT2D eigenvalue weighted by atomic mass is 9.98. The van der Waals surface area contributed by atoms with Crippen LogP contribution in [0.4, 0.5) is 9.59 Å². The molecule has 17 rings (SSSR count). The Hall–Kier alpha value is -11.5. The maximum atomic E-state index is 15.0. The van der Waals surface area contributed by atoms with Gasteiger partial charge in [-0.05, 0) is 173 Å². The Morgan fingerprint density at radius 1 is 0.267 bits per heavy atom. The number of hydrogen-bond donors (Lipinski definition) is 3. The summed E-state index contributed by atoms with van der Waals surface area (Å²) < 4.78 is 11.3. The lowest BCUT2D eigenvalue weighted by Crippen LogP contribution is -2.60. The highest BCUT2D eigenvalue weighted by molar-refractivity contribution is 6.02. The number of fused-ring (bicyclic) bond motifs is 6. The fraction of sp³-hybridized carbons (Fsp3) is 0.557. The smallest absolute Gasteiger partial charge is 0.407 e. The van der Waals surface area contributed by atoms with E-state index in [4.69, 9.17) is 9.47 Å². The third kappa shape index (κ3) is 15.0. The Morgan fingerprint density at radius 3 is 0.675 bits per heavy atom. The van der Waals surface area contributed by atoms with E-state index in [-0.39, 0.29) is 141 Å². The Morgan fingerprint density at radius 2 is 0.458 bits per heavy atom. The highest BCUT2D eigenvalue weighted by atomic mass is 16.6. The summed E-state index contributed by atoms with van der Waals surface area (Å²) in [6, 6.07) is 22.1. The Kier molecular flexibility index (Phi) is 23.2. The molecule has 32 heteroatoms. The van der Waals surface area contributed by atoms with Crippen LogP contribution in [-0.2, 0) is 71.8 Å². The zero-order valence-electron chi connectivity index (χ0n) is 67.5. The van der Waals surface area contributed by atoms with Crippen LogP contribution in [0.25, 0.3) is 22.3 Å². The first kappa shape index (κ1) is 80.9. The number of ether oxygens (including phenoxy) is 2. The number of aliphatic carboxylic acids is 1. The van der Waals surface area contributed by atoms with Gasteiger partial charge in [0, 0.05) is 90.4 Å². The van der Waals surface area contributed by atoms with Gasteiger partial charge in [0.15, 0.2) is 0 Å². The number of amides is 14. The minimum atomic E-state index is -1.79. The van der Waals surface area contributed by atoms with Crippen LogP contribution >= 0.6 is 0 Å². The zero-order chi connectivity index (χ0) is 83.3. The predicted octanol–water partition coefficient (Wildman–Crippen LogP) is 4.06. The lowest BCUT2D eigenvalue weighted by molar-refractivity contribution is -0.162. The van der Waals surface area contributed by atoms with Gasteiger partial charge < -0.3 is 84.0 Å². The average molecular weight is 1650 g/mol. The van der Waals surface area contributed by atoms with Crippen LogP contribution in [0.3, 0.4) is 0 Å². The Labute approximate surface area is 695 Å². The number of carbonyl (C=O) groups excluding carboxylic acids is 14. The van der Waals surface area contributed by atoms with Crippen molar-refractivity contribution in [3.63, 3.8) is 0 Å². The molecule has 13 aliphatic rings. The van der Waals surface area contributed by atoms with Gasteiger partial charge in [-0.2, -0.15) is 0 Å². The molecule has 0 bridgehead atoms. The zero-order valence-corrected chi connectivity index (χ0v) is 67.5. The van der Waals surface area contributed by atoms with E-state index in [1.807, 2.05) is 97.1 Å². The van der Waals surface area contributed by atoms with E-state index in [1.54, 1.807) is 0 Å². The molecule has 0 spiro atoms.